The van der Waals surface area contributed by atoms with Gasteiger partial charge in [-0.2, -0.15) is 0 Å². The van der Waals surface area contributed by atoms with Crippen molar-refractivity contribution in [1.82, 2.24) is 4.98 Å². The fraction of sp³-hybridized carbons (Fsp3) is 0.583. The zero-order valence-corrected chi connectivity index (χ0v) is 9.90. The topological polar surface area (TPSA) is 48.4 Å². The summed E-state index contributed by atoms with van der Waals surface area (Å²) in [5.41, 5.74) is -0.503. The summed E-state index contributed by atoms with van der Waals surface area (Å²) in [6.07, 6.45) is 1.61. The lowest BCUT2D eigenvalue weighted by molar-refractivity contribution is 0.0350. The third-order valence-corrected chi connectivity index (χ3v) is 3.16. The standard InChI is InChI=1S/C12H19N3O/c1-12(16)6-8-15(9-7-12)11-5-3-4-10(13-2)14-11/h3-5,16H,6-9H2,1-2H3,(H,13,14). The largest absolute Gasteiger partial charge is 0.390 e. The molecule has 0 bridgehead atoms. The third kappa shape index (κ3) is 2.44. The van der Waals surface area contributed by atoms with Gasteiger partial charge in [0, 0.05) is 20.1 Å². The lowest BCUT2D eigenvalue weighted by Gasteiger charge is -2.36. The minimum atomic E-state index is -0.503. The van der Waals surface area contributed by atoms with Crippen LogP contribution in [-0.4, -0.2) is 35.8 Å². The summed E-state index contributed by atoms with van der Waals surface area (Å²) in [5, 5.41) is 12.9. The molecule has 1 aliphatic rings. The van der Waals surface area contributed by atoms with Crippen LogP contribution in [-0.2, 0) is 0 Å². The van der Waals surface area contributed by atoms with Crippen molar-refractivity contribution in [1.29, 1.82) is 0 Å². The quantitative estimate of drug-likeness (QED) is 0.794. The average Bonchev–Trinajstić information content (AvgIpc) is 2.29. The predicted molar refractivity (Wildman–Crippen MR) is 65.9 cm³/mol. The van der Waals surface area contributed by atoms with Crippen molar-refractivity contribution in [3.05, 3.63) is 18.2 Å². The van der Waals surface area contributed by atoms with Crippen LogP contribution in [0.1, 0.15) is 19.8 Å². The molecule has 0 amide bonds. The number of piperidine rings is 1. The van der Waals surface area contributed by atoms with Crippen molar-refractivity contribution in [3.8, 4) is 0 Å². The highest BCUT2D eigenvalue weighted by Gasteiger charge is 2.27. The fourth-order valence-corrected chi connectivity index (χ4v) is 1.96. The van der Waals surface area contributed by atoms with Crippen LogP contribution in [0.3, 0.4) is 0 Å². The number of hydrogen-bond acceptors (Lipinski definition) is 4. The van der Waals surface area contributed by atoms with E-state index >= 15 is 0 Å². The first kappa shape index (κ1) is 11.2. The number of rotatable bonds is 2. The fourth-order valence-electron chi connectivity index (χ4n) is 1.96. The molecule has 2 N–H and O–H groups in total. The van der Waals surface area contributed by atoms with E-state index in [1.165, 1.54) is 0 Å². The molecule has 1 saturated heterocycles. The van der Waals surface area contributed by atoms with Gasteiger partial charge in [0.1, 0.15) is 11.6 Å². The monoisotopic (exact) mass is 221 g/mol. The van der Waals surface area contributed by atoms with Gasteiger partial charge in [-0.25, -0.2) is 4.98 Å². The van der Waals surface area contributed by atoms with Crippen molar-refractivity contribution in [2.75, 3.05) is 30.4 Å². The molecule has 1 aromatic rings. The molecule has 0 spiro atoms. The summed E-state index contributed by atoms with van der Waals surface area (Å²) in [6.45, 7) is 3.64. The molecule has 1 aliphatic heterocycles. The van der Waals surface area contributed by atoms with Crippen molar-refractivity contribution >= 4 is 11.6 Å². The molecule has 16 heavy (non-hydrogen) atoms. The molecular formula is C12H19N3O. The van der Waals surface area contributed by atoms with Gasteiger partial charge in [0.05, 0.1) is 5.60 Å². The zero-order valence-electron chi connectivity index (χ0n) is 9.90. The maximum Gasteiger partial charge on any atom is 0.130 e. The lowest BCUT2D eigenvalue weighted by atomic mass is 9.94. The molecule has 0 aliphatic carbocycles. The SMILES string of the molecule is CNc1cccc(N2CCC(C)(O)CC2)n1. The maximum absolute atomic E-state index is 9.88. The molecule has 0 saturated carbocycles. The summed E-state index contributed by atoms with van der Waals surface area (Å²) in [6, 6.07) is 5.96. The summed E-state index contributed by atoms with van der Waals surface area (Å²) in [7, 11) is 1.87. The van der Waals surface area contributed by atoms with E-state index in [1.807, 2.05) is 32.2 Å². The van der Waals surface area contributed by atoms with Gasteiger partial charge in [0.15, 0.2) is 0 Å². The number of aromatic nitrogens is 1. The van der Waals surface area contributed by atoms with Crippen LogP contribution >= 0.6 is 0 Å². The molecule has 88 valence electrons. The van der Waals surface area contributed by atoms with Gasteiger partial charge >= 0.3 is 0 Å². The maximum atomic E-state index is 9.88. The van der Waals surface area contributed by atoms with E-state index < -0.39 is 5.60 Å². The van der Waals surface area contributed by atoms with Crippen molar-refractivity contribution in [2.24, 2.45) is 0 Å². The smallest absolute Gasteiger partial charge is 0.130 e. The molecule has 0 atom stereocenters. The molecule has 2 rings (SSSR count). The van der Waals surface area contributed by atoms with Crippen molar-refractivity contribution in [2.45, 2.75) is 25.4 Å². The second kappa shape index (κ2) is 4.29. The summed E-state index contributed by atoms with van der Waals surface area (Å²) < 4.78 is 0. The Bertz CT molecular complexity index is 355. The van der Waals surface area contributed by atoms with E-state index in [0.29, 0.717) is 0 Å². The Morgan fingerprint density at radius 2 is 2.06 bits per heavy atom. The van der Waals surface area contributed by atoms with E-state index in [-0.39, 0.29) is 0 Å². The molecule has 4 heteroatoms. The van der Waals surface area contributed by atoms with E-state index in [2.05, 4.69) is 15.2 Å². The summed E-state index contributed by atoms with van der Waals surface area (Å²) in [5.74, 6) is 1.87. The highest BCUT2D eigenvalue weighted by molar-refractivity contribution is 5.47. The third-order valence-electron chi connectivity index (χ3n) is 3.16. The summed E-state index contributed by atoms with van der Waals surface area (Å²) in [4.78, 5) is 6.72. The van der Waals surface area contributed by atoms with Gasteiger partial charge in [-0.05, 0) is 31.9 Å². The van der Waals surface area contributed by atoms with Crippen LogP contribution in [0.2, 0.25) is 0 Å². The van der Waals surface area contributed by atoms with E-state index in [9.17, 15) is 5.11 Å². The van der Waals surface area contributed by atoms with Crippen LogP contribution in [0.25, 0.3) is 0 Å². The van der Waals surface area contributed by atoms with E-state index in [0.717, 1.165) is 37.6 Å². The number of hydrogen-bond donors (Lipinski definition) is 2. The highest BCUT2D eigenvalue weighted by atomic mass is 16.3. The van der Waals surface area contributed by atoms with Crippen molar-refractivity contribution in [3.63, 3.8) is 0 Å². The summed E-state index contributed by atoms with van der Waals surface area (Å²) >= 11 is 0. The van der Waals surface area contributed by atoms with Crippen LogP contribution in [0.15, 0.2) is 18.2 Å². The first-order valence-corrected chi connectivity index (χ1v) is 5.73. The van der Waals surface area contributed by atoms with Gasteiger partial charge in [-0.1, -0.05) is 6.07 Å². The second-order valence-corrected chi connectivity index (χ2v) is 4.62. The van der Waals surface area contributed by atoms with Crippen LogP contribution < -0.4 is 10.2 Å². The Hall–Kier alpha value is -1.29. The van der Waals surface area contributed by atoms with Gasteiger partial charge in [-0.15, -0.1) is 0 Å². The first-order valence-electron chi connectivity index (χ1n) is 5.73. The van der Waals surface area contributed by atoms with Crippen LogP contribution in [0.5, 0.6) is 0 Å². The zero-order chi connectivity index (χ0) is 11.6. The molecular weight excluding hydrogens is 202 g/mol. The van der Waals surface area contributed by atoms with E-state index in [4.69, 9.17) is 0 Å². The number of aliphatic hydroxyl groups is 1. The lowest BCUT2D eigenvalue weighted by Crippen LogP contribution is -2.42. The molecule has 2 heterocycles. The number of nitrogens with zero attached hydrogens (tertiary/aromatic N) is 2. The van der Waals surface area contributed by atoms with Gasteiger partial charge in [-0.3, -0.25) is 0 Å². The second-order valence-electron chi connectivity index (χ2n) is 4.62. The Kier molecular flexibility index (Phi) is 3.01. The normalized spacial score (nSPS) is 19.6. The Labute approximate surface area is 96.3 Å². The Morgan fingerprint density at radius 1 is 1.38 bits per heavy atom. The van der Waals surface area contributed by atoms with Crippen LogP contribution in [0, 0.1) is 0 Å². The Morgan fingerprint density at radius 3 is 2.69 bits per heavy atom. The first-order chi connectivity index (χ1) is 7.61. The molecule has 0 radical (unpaired) electrons. The molecule has 1 aromatic heterocycles. The predicted octanol–water partition coefficient (Wildman–Crippen LogP) is 1.47. The minimum Gasteiger partial charge on any atom is -0.390 e. The van der Waals surface area contributed by atoms with E-state index in [1.54, 1.807) is 0 Å². The van der Waals surface area contributed by atoms with Crippen LogP contribution in [0.4, 0.5) is 11.6 Å². The molecule has 1 fully saturated rings. The van der Waals surface area contributed by atoms with Crippen molar-refractivity contribution < 1.29 is 5.11 Å². The highest BCUT2D eigenvalue weighted by Crippen LogP contribution is 2.25. The number of nitrogens with one attached hydrogen (secondary N) is 1. The van der Waals surface area contributed by atoms with Gasteiger partial charge in [0.2, 0.25) is 0 Å². The number of anilines is 2. The average molecular weight is 221 g/mol. The molecule has 0 aromatic carbocycles. The Balaban J connectivity index is 2.08. The molecule has 0 unspecified atom stereocenters. The number of pyridine rings is 1. The molecule has 4 nitrogen and oxygen atoms in total. The minimum absolute atomic E-state index is 0.503. The van der Waals surface area contributed by atoms with Gasteiger partial charge in [0.25, 0.3) is 0 Å². The van der Waals surface area contributed by atoms with Gasteiger partial charge < -0.3 is 15.3 Å².